The first-order valence-corrected chi connectivity index (χ1v) is 10.9. The van der Waals surface area contributed by atoms with E-state index in [9.17, 15) is 13.2 Å². The van der Waals surface area contributed by atoms with Crippen molar-refractivity contribution in [2.45, 2.75) is 43.0 Å². The zero-order valence-electron chi connectivity index (χ0n) is 18.0. The SMILES string of the molecule is COc1ccc(-n2nnnc2C(F)(F)F)cc1[C@@H]1CO[C@]2(CCCN[C@H]2c2ccccc2)C1. The maximum Gasteiger partial charge on any atom is 0.453 e. The Balaban J connectivity index is 1.49. The summed E-state index contributed by atoms with van der Waals surface area (Å²) in [4.78, 5) is 0. The Morgan fingerprint density at radius 2 is 2.00 bits per heavy atom. The number of hydrogen-bond acceptors (Lipinski definition) is 6. The first-order valence-electron chi connectivity index (χ1n) is 10.9. The molecule has 10 heteroatoms. The molecular formula is C23H24F3N5O2. The van der Waals surface area contributed by atoms with Gasteiger partial charge in [0.25, 0.3) is 5.82 Å². The standard InChI is InChI=1S/C23H24F3N5O2/c1-32-19-9-8-17(31-21(23(24,25)26)28-29-30-31)12-18(19)16-13-22(33-14-16)10-5-11-27-20(22)15-6-3-2-4-7-15/h2-4,6-9,12,16,20,27H,5,10-11,13-14H2,1H3/t16-,20-,22+/m0/s1. The highest BCUT2D eigenvalue weighted by atomic mass is 19.4. The van der Waals surface area contributed by atoms with E-state index in [2.05, 4.69) is 33.0 Å². The van der Waals surface area contributed by atoms with E-state index in [-0.39, 0.29) is 17.6 Å². The van der Waals surface area contributed by atoms with Gasteiger partial charge in [-0.05, 0) is 60.0 Å². The number of tetrazole rings is 1. The van der Waals surface area contributed by atoms with Gasteiger partial charge in [0.15, 0.2) is 0 Å². The molecule has 2 aliphatic rings. The first-order chi connectivity index (χ1) is 15.9. The lowest BCUT2D eigenvalue weighted by atomic mass is 9.77. The van der Waals surface area contributed by atoms with E-state index in [1.54, 1.807) is 19.2 Å². The highest BCUT2D eigenvalue weighted by Crippen LogP contribution is 2.49. The molecule has 7 nitrogen and oxygen atoms in total. The van der Waals surface area contributed by atoms with E-state index < -0.39 is 17.6 Å². The number of hydrogen-bond donors (Lipinski definition) is 1. The van der Waals surface area contributed by atoms with Crippen molar-refractivity contribution >= 4 is 0 Å². The molecule has 3 heterocycles. The number of nitrogens with zero attached hydrogens (tertiary/aromatic N) is 4. The summed E-state index contributed by atoms with van der Waals surface area (Å²) in [5.41, 5.74) is 1.79. The molecule has 0 aliphatic carbocycles. The smallest absolute Gasteiger partial charge is 0.453 e. The van der Waals surface area contributed by atoms with Crippen LogP contribution in [0.3, 0.4) is 0 Å². The van der Waals surface area contributed by atoms with Gasteiger partial charge in [-0.1, -0.05) is 30.3 Å². The number of benzene rings is 2. The van der Waals surface area contributed by atoms with Crippen LogP contribution in [0.25, 0.3) is 5.69 Å². The van der Waals surface area contributed by atoms with Gasteiger partial charge in [-0.3, -0.25) is 0 Å². The third-order valence-corrected chi connectivity index (χ3v) is 6.57. The van der Waals surface area contributed by atoms with Crippen LogP contribution in [0.15, 0.2) is 48.5 Å². The second-order valence-corrected chi connectivity index (χ2v) is 8.52. The number of ether oxygens (including phenoxy) is 2. The van der Waals surface area contributed by atoms with E-state index in [1.807, 2.05) is 18.2 Å². The molecule has 0 radical (unpaired) electrons. The van der Waals surface area contributed by atoms with Gasteiger partial charge in [0.05, 0.1) is 31.0 Å². The van der Waals surface area contributed by atoms with Crippen LogP contribution >= 0.6 is 0 Å². The van der Waals surface area contributed by atoms with Crippen molar-refractivity contribution in [1.82, 2.24) is 25.5 Å². The van der Waals surface area contributed by atoms with Gasteiger partial charge in [0.1, 0.15) is 5.75 Å². The summed E-state index contributed by atoms with van der Waals surface area (Å²) < 4.78 is 52.8. The van der Waals surface area contributed by atoms with Gasteiger partial charge in [0, 0.05) is 11.5 Å². The third kappa shape index (κ3) is 3.97. The van der Waals surface area contributed by atoms with Crippen LogP contribution < -0.4 is 10.1 Å². The minimum atomic E-state index is -4.67. The van der Waals surface area contributed by atoms with Crippen LogP contribution in [0, 0.1) is 0 Å². The lowest BCUT2D eigenvalue weighted by molar-refractivity contribution is -0.146. The van der Waals surface area contributed by atoms with Crippen LogP contribution in [0.1, 0.15) is 48.2 Å². The first kappa shape index (κ1) is 21.8. The predicted octanol–water partition coefficient (Wildman–Crippen LogP) is 4.06. The summed E-state index contributed by atoms with van der Waals surface area (Å²) in [5.74, 6) is -0.610. The van der Waals surface area contributed by atoms with Crippen LogP contribution in [0.2, 0.25) is 0 Å². The van der Waals surface area contributed by atoms with Crippen molar-refractivity contribution in [3.63, 3.8) is 0 Å². The van der Waals surface area contributed by atoms with Crippen molar-refractivity contribution < 1.29 is 22.6 Å². The second-order valence-electron chi connectivity index (χ2n) is 8.52. The van der Waals surface area contributed by atoms with Gasteiger partial charge in [0.2, 0.25) is 0 Å². The van der Waals surface area contributed by atoms with Crippen molar-refractivity contribution in [3.8, 4) is 11.4 Å². The second kappa shape index (κ2) is 8.42. The Morgan fingerprint density at radius 1 is 1.18 bits per heavy atom. The highest BCUT2D eigenvalue weighted by molar-refractivity contribution is 5.47. The van der Waals surface area contributed by atoms with Gasteiger partial charge in [-0.15, -0.1) is 5.10 Å². The summed E-state index contributed by atoms with van der Waals surface area (Å²) in [6, 6.07) is 15.1. The van der Waals surface area contributed by atoms with E-state index in [0.29, 0.717) is 17.0 Å². The van der Waals surface area contributed by atoms with Gasteiger partial charge >= 0.3 is 6.18 Å². The molecule has 33 heavy (non-hydrogen) atoms. The van der Waals surface area contributed by atoms with Crippen LogP contribution in [0.4, 0.5) is 13.2 Å². The minimum Gasteiger partial charge on any atom is -0.496 e. The maximum absolute atomic E-state index is 13.3. The molecule has 1 N–H and O–H groups in total. The lowest BCUT2D eigenvalue weighted by Gasteiger charge is -2.41. The van der Waals surface area contributed by atoms with Crippen LogP contribution in [0.5, 0.6) is 5.75 Å². The van der Waals surface area contributed by atoms with Crippen LogP contribution in [-0.4, -0.2) is 46.1 Å². The average molecular weight is 459 g/mol. The number of aromatic nitrogens is 4. The molecule has 2 aromatic carbocycles. The Kier molecular flexibility index (Phi) is 5.57. The summed E-state index contributed by atoms with van der Waals surface area (Å²) in [6.45, 7) is 1.36. The molecule has 1 aromatic heterocycles. The van der Waals surface area contributed by atoms with E-state index in [0.717, 1.165) is 31.4 Å². The monoisotopic (exact) mass is 459 g/mol. The van der Waals surface area contributed by atoms with Gasteiger partial charge in [-0.2, -0.15) is 17.9 Å². The molecule has 0 saturated carbocycles. The predicted molar refractivity (Wildman–Crippen MR) is 113 cm³/mol. The molecule has 174 valence electrons. The molecule has 2 fully saturated rings. The van der Waals surface area contributed by atoms with Gasteiger partial charge < -0.3 is 14.8 Å². The molecule has 2 aliphatic heterocycles. The van der Waals surface area contributed by atoms with E-state index in [1.165, 1.54) is 11.6 Å². The van der Waals surface area contributed by atoms with Crippen molar-refractivity contribution in [2.24, 2.45) is 0 Å². The summed E-state index contributed by atoms with van der Waals surface area (Å²) >= 11 is 0. The van der Waals surface area contributed by atoms with Crippen molar-refractivity contribution in [1.29, 1.82) is 0 Å². The number of piperidine rings is 1. The summed E-state index contributed by atoms with van der Waals surface area (Å²) in [7, 11) is 1.55. The average Bonchev–Trinajstić information content (AvgIpc) is 3.48. The number of alkyl halides is 3. The highest BCUT2D eigenvalue weighted by Gasteiger charge is 2.49. The lowest BCUT2D eigenvalue weighted by Crippen LogP contribution is -2.48. The molecule has 3 aromatic rings. The molecule has 1 spiro atoms. The topological polar surface area (TPSA) is 74.1 Å². The van der Waals surface area contributed by atoms with Crippen LogP contribution in [-0.2, 0) is 10.9 Å². The molecule has 0 bridgehead atoms. The molecule has 5 rings (SSSR count). The zero-order chi connectivity index (χ0) is 23.1. The molecule has 2 saturated heterocycles. The molecule has 0 unspecified atom stereocenters. The van der Waals surface area contributed by atoms with Gasteiger partial charge in [-0.25, -0.2) is 0 Å². The van der Waals surface area contributed by atoms with Crippen molar-refractivity contribution in [3.05, 3.63) is 65.5 Å². The Hall–Kier alpha value is -2.98. The number of methoxy groups -OCH3 is 1. The molecule has 0 amide bonds. The summed E-state index contributed by atoms with van der Waals surface area (Å²) in [6.07, 6.45) is -2.04. The Morgan fingerprint density at radius 3 is 2.76 bits per heavy atom. The Labute approximate surface area is 188 Å². The molecule has 3 atom stereocenters. The third-order valence-electron chi connectivity index (χ3n) is 6.57. The Bertz CT molecular complexity index is 1120. The van der Waals surface area contributed by atoms with Crippen molar-refractivity contribution in [2.75, 3.05) is 20.3 Å². The molecular weight excluding hydrogens is 435 g/mol. The fourth-order valence-corrected chi connectivity index (χ4v) is 5.12. The number of rotatable bonds is 4. The normalized spacial score (nSPS) is 25.5. The van der Waals surface area contributed by atoms with E-state index >= 15 is 0 Å². The quantitative estimate of drug-likeness (QED) is 0.635. The maximum atomic E-state index is 13.3. The number of nitrogens with one attached hydrogen (secondary N) is 1. The largest absolute Gasteiger partial charge is 0.496 e. The fraction of sp³-hybridized carbons (Fsp3) is 0.435. The summed E-state index contributed by atoms with van der Waals surface area (Å²) in [5, 5.41) is 13.6. The number of halogens is 3. The zero-order valence-corrected chi connectivity index (χ0v) is 18.0. The van der Waals surface area contributed by atoms with E-state index in [4.69, 9.17) is 9.47 Å². The minimum absolute atomic E-state index is 0.0444. The fourth-order valence-electron chi connectivity index (χ4n) is 5.12.